The van der Waals surface area contributed by atoms with Crippen LogP contribution in [0.1, 0.15) is 57.3 Å². The van der Waals surface area contributed by atoms with Crippen LogP contribution in [0.5, 0.6) is 0 Å². The lowest BCUT2D eigenvalue weighted by Gasteiger charge is -2.39. The topological polar surface area (TPSA) is 34.2 Å². The minimum atomic E-state index is -0.161. The van der Waals surface area contributed by atoms with E-state index in [1.54, 1.807) is 0 Å². The normalized spacial score (nSPS) is 13.5. The van der Waals surface area contributed by atoms with Crippen LogP contribution in [0.15, 0.2) is 18.3 Å². The van der Waals surface area contributed by atoms with Crippen molar-refractivity contribution in [3.8, 4) is 0 Å². The van der Waals surface area contributed by atoms with Crippen molar-refractivity contribution in [1.82, 2.24) is 10.3 Å². The summed E-state index contributed by atoms with van der Waals surface area (Å²) in [5.74, 6) is 0. The summed E-state index contributed by atoms with van der Waals surface area (Å²) in [5.41, 5.74) is 2.10. The molecule has 1 rings (SSSR count). The summed E-state index contributed by atoms with van der Waals surface area (Å²) in [5, 5.41) is 3.63. The van der Waals surface area contributed by atoms with E-state index in [2.05, 4.69) is 43.2 Å². The molecule has 3 nitrogen and oxygen atoms in total. The molecule has 1 aromatic heterocycles. The van der Waals surface area contributed by atoms with Crippen molar-refractivity contribution in [2.45, 2.75) is 58.6 Å². The maximum Gasteiger partial charge on any atom is 0.0867 e. The summed E-state index contributed by atoms with van der Waals surface area (Å²) in [6, 6.07) is 4.43. The molecule has 0 aliphatic heterocycles. The Bertz CT molecular complexity index is 349. The SMILES string of the molecule is CCCNC(c1ccc(C)nc1)C(CC)(CC)OC. The number of nitrogens with one attached hydrogen (secondary N) is 1. The fourth-order valence-electron chi connectivity index (χ4n) is 2.61. The van der Waals surface area contributed by atoms with Crippen LogP contribution >= 0.6 is 0 Å². The fourth-order valence-corrected chi connectivity index (χ4v) is 2.61. The molecule has 0 saturated carbocycles. The largest absolute Gasteiger partial charge is 0.376 e. The lowest BCUT2D eigenvalue weighted by Crippen LogP contribution is -2.45. The van der Waals surface area contributed by atoms with Crippen molar-refractivity contribution in [3.63, 3.8) is 0 Å². The maximum absolute atomic E-state index is 5.89. The Labute approximate surface area is 117 Å². The molecule has 1 heterocycles. The van der Waals surface area contributed by atoms with Crippen molar-refractivity contribution in [3.05, 3.63) is 29.6 Å². The number of rotatable bonds is 8. The number of nitrogens with zero attached hydrogens (tertiary/aromatic N) is 1. The third-order valence-electron chi connectivity index (χ3n) is 4.00. The zero-order chi connectivity index (χ0) is 14.3. The minimum absolute atomic E-state index is 0.161. The van der Waals surface area contributed by atoms with Crippen LogP contribution in [0.3, 0.4) is 0 Å². The van der Waals surface area contributed by atoms with E-state index in [9.17, 15) is 0 Å². The molecule has 1 aromatic rings. The molecule has 0 fully saturated rings. The second kappa shape index (κ2) is 7.61. The summed E-state index contributed by atoms with van der Waals surface area (Å²) in [4.78, 5) is 4.43. The van der Waals surface area contributed by atoms with E-state index >= 15 is 0 Å². The fraction of sp³-hybridized carbons (Fsp3) is 0.688. The zero-order valence-corrected chi connectivity index (χ0v) is 13.0. The summed E-state index contributed by atoms with van der Waals surface area (Å²) < 4.78 is 5.89. The highest BCUT2D eigenvalue weighted by molar-refractivity contribution is 5.21. The number of aryl methyl sites for hydroxylation is 1. The first kappa shape index (κ1) is 16.1. The summed E-state index contributed by atoms with van der Waals surface area (Å²) in [6.07, 6.45) is 5.05. The van der Waals surface area contributed by atoms with Crippen LogP contribution < -0.4 is 5.32 Å². The quantitative estimate of drug-likeness (QED) is 0.778. The van der Waals surface area contributed by atoms with E-state index in [-0.39, 0.29) is 11.6 Å². The van der Waals surface area contributed by atoms with Gasteiger partial charge in [0.1, 0.15) is 0 Å². The second-order valence-corrected chi connectivity index (χ2v) is 5.10. The van der Waals surface area contributed by atoms with Gasteiger partial charge < -0.3 is 10.1 Å². The standard InChI is InChI=1S/C16H28N2O/c1-6-11-17-15(16(7-2,8-3)19-5)14-10-9-13(4)18-12-14/h9-10,12,15,17H,6-8,11H2,1-5H3. The molecule has 108 valence electrons. The lowest BCUT2D eigenvalue weighted by atomic mass is 9.84. The Kier molecular flexibility index (Phi) is 6.46. The van der Waals surface area contributed by atoms with Gasteiger partial charge in [-0.3, -0.25) is 4.98 Å². The summed E-state index contributed by atoms with van der Waals surface area (Å²) in [6.45, 7) is 9.57. The Morgan fingerprint density at radius 3 is 2.37 bits per heavy atom. The highest BCUT2D eigenvalue weighted by Crippen LogP contribution is 2.34. The highest BCUT2D eigenvalue weighted by Gasteiger charge is 2.36. The maximum atomic E-state index is 5.89. The zero-order valence-electron chi connectivity index (χ0n) is 13.0. The van der Waals surface area contributed by atoms with Crippen molar-refractivity contribution in [2.24, 2.45) is 0 Å². The van der Waals surface area contributed by atoms with E-state index in [1.807, 2.05) is 20.2 Å². The third kappa shape index (κ3) is 3.77. The number of pyridine rings is 1. The molecular formula is C16H28N2O. The molecule has 19 heavy (non-hydrogen) atoms. The smallest absolute Gasteiger partial charge is 0.0867 e. The van der Waals surface area contributed by atoms with E-state index < -0.39 is 0 Å². The van der Waals surface area contributed by atoms with Crippen LogP contribution in [0.25, 0.3) is 0 Å². The molecule has 0 aliphatic rings. The Morgan fingerprint density at radius 1 is 1.26 bits per heavy atom. The number of hydrogen-bond donors (Lipinski definition) is 1. The summed E-state index contributed by atoms with van der Waals surface area (Å²) in [7, 11) is 1.81. The first-order valence-electron chi connectivity index (χ1n) is 7.34. The molecule has 0 spiro atoms. The molecule has 0 amide bonds. The van der Waals surface area contributed by atoms with Gasteiger partial charge in [0, 0.05) is 19.0 Å². The number of methoxy groups -OCH3 is 1. The van der Waals surface area contributed by atoms with Crippen molar-refractivity contribution in [1.29, 1.82) is 0 Å². The molecule has 1 atom stereocenters. The van der Waals surface area contributed by atoms with Crippen molar-refractivity contribution < 1.29 is 4.74 Å². The third-order valence-corrected chi connectivity index (χ3v) is 4.00. The van der Waals surface area contributed by atoms with Gasteiger partial charge in [-0.15, -0.1) is 0 Å². The lowest BCUT2D eigenvalue weighted by molar-refractivity contribution is -0.0486. The minimum Gasteiger partial charge on any atom is -0.376 e. The van der Waals surface area contributed by atoms with E-state index in [4.69, 9.17) is 4.74 Å². The summed E-state index contributed by atoms with van der Waals surface area (Å²) >= 11 is 0. The molecule has 0 bridgehead atoms. The van der Waals surface area contributed by atoms with Gasteiger partial charge in [0.05, 0.1) is 11.6 Å². The van der Waals surface area contributed by atoms with Gasteiger partial charge in [-0.1, -0.05) is 26.8 Å². The van der Waals surface area contributed by atoms with Gasteiger partial charge >= 0.3 is 0 Å². The van der Waals surface area contributed by atoms with Gasteiger partial charge in [-0.05, 0) is 44.4 Å². The van der Waals surface area contributed by atoms with Crippen LogP contribution in [-0.2, 0) is 4.74 Å². The highest BCUT2D eigenvalue weighted by atomic mass is 16.5. The molecular weight excluding hydrogens is 236 g/mol. The average molecular weight is 264 g/mol. The molecule has 1 unspecified atom stereocenters. The van der Waals surface area contributed by atoms with Crippen LogP contribution in [0.4, 0.5) is 0 Å². The molecule has 0 radical (unpaired) electrons. The first-order valence-corrected chi connectivity index (χ1v) is 7.34. The van der Waals surface area contributed by atoms with Gasteiger partial charge in [-0.25, -0.2) is 0 Å². The Hall–Kier alpha value is -0.930. The predicted octanol–water partition coefficient (Wildman–Crippen LogP) is 3.64. The molecule has 0 saturated heterocycles. The van der Waals surface area contributed by atoms with E-state index in [1.165, 1.54) is 5.56 Å². The van der Waals surface area contributed by atoms with Crippen LogP contribution in [0, 0.1) is 6.92 Å². The van der Waals surface area contributed by atoms with Gasteiger partial charge in [-0.2, -0.15) is 0 Å². The van der Waals surface area contributed by atoms with Crippen molar-refractivity contribution in [2.75, 3.05) is 13.7 Å². The van der Waals surface area contributed by atoms with Crippen LogP contribution in [0.2, 0.25) is 0 Å². The van der Waals surface area contributed by atoms with Crippen molar-refractivity contribution >= 4 is 0 Å². The predicted molar refractivity (Wildman–Crippen MR) is 80.3 cm³/mol. The van der Waals surface area contributed by atoms with Crippen LogP contribution in [-0.4, -0.2) is 24.2 Å². The van der Waals surface area contributed by atoms with E-state index in [0.717, 1.165) is 31.5 Å². The second-order valence-electron chi connectivity index (χ2n) is 5.10. The first-order chi connectivity index (χ1) is 9.13. The van der Waals surface area contributed by atoms with E-state index in [0.29, 0.717) is 0 Å². The number of hydrogen-bond acceptors (Lipinski definition) is 3. The monoisotopic (exact) mass is 264 g/mol. The molecule has 3 heteroatoms. The van der Waals surface area contributed by atoms with Gasteiger partial charge in [0.2, 0.25) is 0 Å². The molecule has 0 aliphatic carbocycles. The van der Waals surface area contributed by atoms with Gasteiger partial charge in [0.25, 0.3) is 0 Å². The van der Waals surface area contributed by atoms with Gasteiger partial charge in [0.15, 0.2) is 0 Å². The Balaban J connectivity index is 3.08. The molecule has 0 aromatic carbocycles. The number of ether oxygens (including phenoxy) is 1. The molecule has 1 N–H and O–H groups in total. The number of aromatic nitrogens is 1. The average Bonchev–Trinajstić information content (AvgIpc) is 2.45. The Morgan fingerprint density at radius 2 is 1.95 bits per heavy atom.